The molecule has 2 heterocycles. The second kappa shape index (κ2) is 7.79. The van der Waals surface area contributed by atoms with Crippen LogP contribution in [0.15, 0.2) is 10.6 Å². The molecular weight excluding hydrogens is 308 g/mol. The normalized spacial score (nSPS) is 19.0. The van der Waals surface area contributed by atoms with Gasteiger partial charge >= 0.3 is 0 Å². The Morgan fingerprint density at radius 2 is 2.17 bits per heavy atom. The number of nitrogens with one attached hydrogen (secondary N) is 1. The first-order valence-corrected chi connectivity index (χ1v) is 8.52. The first-order chi connectivity index (χ1) is 11.3. The summed E-state index contributed by atoms with van der Waals surface area (Å²) in [5.74, 6) is 0.929. The third kappa shape index (κ3) is 4.35. The number of aromatic nitrogens is 1. The van der Waals surface area contributed by atoms with Crippen molar-refractivity contribution in [3.05, 3.63) is 17.5 Å². The van der Waals surface area contributed by atoms with Gasteiger partial charge in [-0.2, -0.15) is 0 Å². The smallest absolute Gasteiger partial charge is 0.237 e. The van der Waals surface area contributed by atoms with Crippen molar-refractivity contribution in [2.75, 3.05) is 20.1 Å². The van der Waals surface area contributed by atoms with E-state index in [0.717, 1.165) is 18.0 Å². The standard InChI is InChI=1S/C17H28N4O3/c1-11(2)15-8-13(19-24-15)10-20(5)16(22)9-14-17(23)18-6-7-21(14)12(3)4/h8,11-12,14H,6-7,9-10H2,1-5H3,(H,18,23)/t14-/m1/s1. The molecule has 2 rings (SSSR count). The van der Waals surface area contributed by atoms with Crippen molar-refractivity contribution in [2.24, 2.45) is 0 Å². The number of carbonyl (C=O) groups is 2. The highest BCUT2D eigenvalue weighted by Gasteiger charge is 2.33. The summed E-state index contributed by atoms with van der Waals surface area (Å²) in [5.41, 5.74) is 0.725. The molecule has 1 aliphatic heterocycles. The average molecular weight is 336 g/mol. The van der Waals surface area contributed by atoms with Crippen LogP contribution in [0.25, 0.3) is 0 Å². The van der Waals surface area contributed by atoms with Crippen LogP contribution in [0.3, 0.4) is 0 Å². The van der Waals surface area contributed by atoms with Gasteiger partial charge in [0.2, 0.25) is 11.8 Å². The molecule has 134 valence electrons. The Hall–Kier alpha value is -1.89. The van der Waals surface area contributed by atoms with Crippen molar-refractivity contribution in [2.45, 2.75) is 58.7 Å². The minimum absolute atomic E-state index is 0.0692. The van der Waals surface area contributed by atoms with Crippen molar-refractivity contribution < 1.29 is 14.1 Å². The lowest BCUT2D eigenvalue weighted by Gasteiger charge is -2.38. The molecule has 1 aromatic rings. The van der Waals surface area contributed by atoms with E-state index in [9.17, 15) is 9.59 Å². The third-order valence-corrected chi connectivity index (χ3v) is 4.37. The number of nitrogens with zero attached hydrogens (tertiary/aromatic N) is 3. The van der Waals surface area contributed by atoms with Crippen LogP contribution in [0.2, 0.25) is 0 Å². The first-order valence-electron chi connectivity index (χ1n) is 8.52. The minimum atomic E-state index is -0.405. The topological polar surface area (TPSA) is 78.7 Å². The highest BCUT2D eigenvalue weighted by Crippen LogP contribution is 2.17. The van der Waals surface area contributed by atoms with Crippen molar-refractivity contribution >= 4 is 11.8 Å². The van der Waals surface area contributed by atoms with E-state index in [1.165, 1.54) is 0 Å². The minimum Gasteiger partial charge on any atom is -0.361 e. The summed E-state index contributed by atoms with van der Waals surface area (Å²) < 4.78 is 5.26. The van der Waals surface area contributed by atoms with E-state index in [4.69, 9.17) is 4.52 Å². The lowest BCUT2D eigenvalue weighted by atomic mass is 10.1. The van der Waals surface area contributed by atoms with Gasteiger partial charge < -0.3 is 14.7 Å². The lowest BCUT2D eigenvalue weighted by Crippen LogP contribution is -2.58. The lowest BCUT2D eigenvalue weighted by molar-refractivity contribution is -0.139. The Bertz CT molecular complexity index is 582. The monoisotopic (exact) mass is 336 g/mol. The molecule has 0 aromatic carbocycles. The van der Waals surface area contributed by atoms with Gasteiger partial charge in [-0.3, -0.25) is 14.5 Å². The summed E-state index contributed by atoms with van der Waals surface area (Å²) in [6, 6.07) is 1.70. The van der Waals surface area contributed by atoms with Gasteiger partial charge in [0.1, 0.15) is 11.5 Å². The zero-order chi connectivity index (χ0) is 17.9. The van der Waals surface area contributed by atoms with Crippen LogP contribution >= 0.6 is 0 Å². The molecule has 24 heavy (non-hydrogen) atoms. The predicted molar refractivity (Wildman–Crippen MR) is 90.3 cm³/mol. The fraction of sp³-hybridized carbons (Fsp3) is 0.706. The summed E-state index contributed by atoms with van der Waals surface area (Å²) in [5, 5.41) is 6.85. The van der Waals surface area contributed by atoms with Crippen LogP contribution in [-0.2, 0) is 16.1 Å². The van der Waals surface area contributed by atoms with Gasteiger partial charge in [0.25, 0.3) is 0 Å². The van der Waals surface area contributed by atoms with Crippen LogP contribution in [0.5, 0.6) is 0 Å². The van der Waals surface area contributed by atoms with Crippen LogP contribution in [0.1, 0.15) is 51.5 Å². The number of amides is 2. The van der Waals surface area contributed by atoms with Gasteiger partial charge in [0, 0.05) is 38.2 Å². The maximum Gasteiger partial charge on any atom is 0.237 e. The molecule has 1 atom stereocenters. The highest BCUT2D eigenvalue weighted by molar-refractivity contribution is 5.88. The van der Waals surface area contributed by atoms with Crippen LogP contribution in [0.4, 0.5) is 0 Å². The average Bonchev–Trinajstić information content (AvgIpc) is 2.97. The molecule has 0 radical (unpaired) electrons. The first kappa shape index (κ1) is 18.4. The van der Waals surface area contributed by atoms with E-state index >= 15 is 0 Å². The summed E-state index contributed by atoms with van der Waals surface area (Å²) in [6.07, 6.45) is 0.176. The fourth-order valence-corrected chi connectivity index (χ4v) is 2.89. The van der Waals surface area contributed by atoms with Crippen molar-refractivity contribution in [3.8, 4) is 0 Å². The predicted octanol–water partition coefficient (Wildman–Crippen LogP) is 1.36. The van der Waals surface area contributed by atoms with E-state index in [2.05, 4.69) is 15.4 Å². The Balaban J connectivity index is 1.97. The van der Waals surface area contributed by atoms with Gasteiger partial charge in [-0.15, -0.1) is 0 Å². The zero-order valence-corrected chi connectivity index (χ0v) is 15.2. The number of rotatable bonds is 6. The van der Waals surface area contributed by atoms with Crippen molar-refractivity contribution in [1.29, 1.82) is 0 Å². The summed E-state index contributed by atoms with van der Waals surface area (Å²) in [4.78, 5) is 28.4. The zero-order valence-electron chi connectivity index (χ0n) is 15.2. The van der Waals surface area contributed by atoms with Gasteiger partial charge in [0.15, 0.2) is 0 Å². The molecule has 7 nitrogen and oxygen atoms in total. The Morgan fingerprint density at radius 1 is 1.46 bits per heavy atom. The number of hydrogen-bond donors (Lipinski definition) is 1. The summed E-state index contributed by atoms with van der Waals surface area (Å²) >= 11 is 0. The molecule has 0 aliphatic carbocycles. The van der Waals surface area contributed by atoms with E-state index in [1.54, 1.807) is 11.9 Å². The molecule has 0 saturated carbocycles. The molecule has 1 aliphatic rings. The number of hydrogen-bond acceptors (Lipinski definition) is 5. The molecule has 1 aromatic heterocycles. The molecule has 0 bridgehead atoms. The molecular formula is C17H28N4O3. The highest BCUT2D eigenvalue weighted by atomic mass is 16.5. The van der Waals surface area contributed by atoms with Crippen molar-refractivity contribution in [1.82, 2.24) is 20.3 Å². The van der Waals surface area contributed by atoms with E-state index in [1.807, 2.05) is 33.8 Å². The van der Waals surface area contributed by atoms with E-state index in [0.29, 0.717) is 13.1 Å². The molecule has 1 N–H and O–H groups in total. The Morgan fingerprint density at radius 3 is 2.75 bits per heavy atom. The molecule has 7 heteroatoms. The van der Waals surface area contributed by atoms with Gasteiger partial charge in [-0.25, -0.2) is 0 Å². The van der Waals surface area contributed by atoms with Crippen LogP contribution in [-0.4, -0.2) is 59.0 Å². The number of carbonyl (C=O) groups excluding carboxylic acids is 2. The number of piperazine rings is 1. The molecule has 1 saturated heterocycles. The van der Waals surface area contributed by atoms with Gasteiger partial charge in [-0.1, -0.05) is 19.0 Å². The second-order valence-corrected chi connectivity index (χ2v) is 6.97. The van der Waals surface area contributed by atoms with Crippen LogP contribution in [0, 0.1) is 0 Å². The SMILES string of the molecule is CC(C)c1cc(CN(C)C(=O)C[C@@H]2C(=O)NCCN2C(C)C)no1. The Kier molecular flexibility index (Phi) is 5.99. The van der Waals surface area contributed by atoms with Gasteiger partial charge in [-0.05, 0) is 13.8 Å². The quantitative estimate of drug-likeness (QED) is 0.848. The van der Waals surface area contributed by atoms with E-state index < -0.39 is 6.04 Å². The third-order valence-electron chi connectivity index (χ3n) is 4.37. The van der Waals surface area contributed by atoms with Crippen LogP contribution < -0.4 is 5.32 Å². The van der Waals surface area contributed by atoms with Crippen molar-refractivity contribution in [3.63, 3.8) is 0 Å². The largest absolute Gasteiger partial charge is 0.361 e. The fourth-order valence-electron chi connectivity index (χ4n) is 2.89. The van der Waals surface area contributed by atoms with Gasteiger partial charge in [0.05, 0.1) is 19.0 Å². The molecule has 1 fully saturated rings. The van der Waals surface area contributed by atoms with E-state index in [-0.39, 0.29) is 30.2 Å². The maximum absolute atomic E-state index is 12.5. The summed E-state index contributed by atoms with van der Waals surface area (Å²) in [6.45, 7) is 9.93. The second-order valence-electron chi connectivity index (χ2n) is 6.97. The molecule has 0 spiro atoms. The summed E-state index contributed by atoms with van der Waals surface area (Å²) in [7, 11) is 1.73. The molecule has 0 unspecified atom stereocenters. The molecule has 2 amide bonds. The maximum atomic E-state index is 12.5. The Labute approximate surface area is 143 Å².